The topological polar surface area (TPSA) is 57.2 Å². The Morgan fingerprint density at radius 3 is 2.71 bits per heavy atom. The van der Waals surface area contributed by atoms with Crippen molar-refractivity contribution < 1.29 is 14.7 Å². The van der Waals surface area contributed by atoms with Gasteiger partial charge in [-0.05, 0) is 12.0 Å². The Labute approximate surface area is 81.4 Å². The van der Waals surface area contributed by atoms with Crippen LogP contribution in [0.4, 0.5) is 0 Å². The van der Waals surface area contributed by atoms with Crippen LogP contribution in [0.1, 0.15) is 22.3 Å². The van der Waals surface area contributed by atoms with Gasteiger partial charge in [0.05, 0.1) is 0 Å². The lowest BCUT2D eigenvalue weighted by Crippen LogP contribution is -2.36. The molecule has 0 spiro atoms. The van der Waals surface area contributed by atoms with E-state index < -0.39 is 11.9 Å². The van der Waals surface area contributed by atoms with Gasteiger partial charge in [0.1, 0.15) is 0 Å². The molecule has 1 aromatic rings. The number of carbonyl (C=O) groups excluding carboxylic acids is 2. The second-order valence-corrected chi connectivity index (χ2v) is 3.50. The zero-order valence-electron chi connectivity index (χ0n) is 7.53. The van der Waals surface area contributed by atoms with Crippen molar-refractivity contribution in [1.82, 2.24) is 0 Å². The van der Waals surface area contributed by atoms with Crippen molar-refractivity contribution in [2.24, 2.45) is 5.92 Å². The quantitative estimate of drug-likeness (QED) is 0.633. The van der Waals surface area contributed by atoms with Crippen LogP contribution in [0.3, 0.4) is 0 Å². The van der Waals surface area contributed by atoms with Gasteiger partial charge < -0.3 is 9.90 Å². The highest BCUT2D eigenvalue weighted by atomic mass is 16.4. The van der Waals surface area contributed by atoms with Crippen molar-refractivity contribution in [3.05, 3.63) is 35.4 Å². The molecule has 0 aliphatic heterocycles. The molecule has 0 bridgehead atoms. The first-order valence-corrected chi connectivity index (χ1v) is 4.50. The molecule has 0 saturated carbocycles. The van der Waals surface area contributed by atoms with Gasteiger partial charge in [0.15, 0.2) is 5.78 Å². The fourth-order valence-electron chi connectivity index (χ4n) is 1.81. The van der Waals surface area contributed by atoms with Gasteiger partial charge in [-0.2, -0.15) is 0 Å². The molecule has 0 heterocycles. The Morgan fingerprint density at radius 1 is 1.29 bits per heavy atom. The van der Waals surface area contributed by atoms with Crippen LogP contribution in [0.2, 0.25) is 0 Å². The van der Waals surface area contributed by atoms with Crippen LogP contribution in [0, 0.1) is 5.92 Å². The summed E-state index contributed by atoms with van der Waals surface area (Å²) in [6, 6.07) is 7.13. The van der Waals surface area contributed by atoms with E-state index in [0.29, 0.717) is 12.0 Å². The lowest BCUT2D eigenvalue weighted by Gasteiger charge is -2.23. The van der Waals surface area contributed by atoms with Crippen LogP contribution in [0.25, 0.3) is 0 Å². The number of hydrogen-bond donors (Lipinski definition) is 0. The predicted octanol–water partition coefficient (Wildman–Crippen LogP) is 0.182. The molecule has 1 aliphatic carbocycles. The number of hydrogen-bond acceptors (Lipinski definition) is 3. The molecule has 0 unspecified atom stereocenters. The Balaban J connectivity index is 2.38. The maximum atomic E-state index is 11.5. The van der Waals surface area contributed by atoms with Gasteiger partial charge in [0, 0.05) is 23.9 Å². The number of benzene rings is 1. The maximum absolute atomic E-state index is 11.5. The maximum Gasteiger partial charge on any atom is 0.163 e. The molecule has 2 rings (SSSR count). The van der Waals surface area contributed by atoms with Gasteiger partial charge in [0.25, 0.3) is 0 Å². The molecule has 14 heavy (non-hydrogen) atoms. The molecule has 3 nitrogen and oxygen atoms in total. The van der Waals surface area contributed by atoms with Crippen LogP contribution < -0.4 is 5.11 Å². The summed E-state index contributed by atoms with van der Waals surface area (Å²) in [6.07, 6.45) is 0.476. The Hall–Kier alpha value is -1.64. The number of fused-ring (bicyclic) bond motifs is 1. The lowest BCUT2D eigenvalue weighted by molar-refractivity contribution is -0.311. The number of rotatable bonds is 1. The summed E-state index contributed by atoms with van der Waals surface area (Å²) in [5.74, 6) is -1.88. The van der Waals surface area contributed by atoms with E-state index in [4.69, 9.17) is 0 Å². The lowest BCUT2D eigenvalue weighted by atomic mass is 9.83. The predicted molar refractivity (Wildman–Crippen MR) is 47.6 cm³/mol. The zero-order valence-corrected chi connectivity index (χ0v) is 7.53. The average Bonchev–Trinajstić information content (AvgIpc) is 2.17. The van der Waals surface area contributed by atoms with E-state index in [2.05, 4.69) is 0 Å². The van der Waals surface area contributed by atoms with Crippen molar-refractivity contribution in [3.8, 4) is 0 Å². The molecule has 0 saturated heterocycles. The van der Waals surface area contributed by atoms with E-state index in [1.807, 2.05) is 6.07 Å². The summed E-state index contributed by atoms with van der Waals surface area (Å²) < 4.78 is 0. The highest BCUT2D eigenvalue weighted by molar-refractivity contribution is 6.00. The molecule has 0 amide bonds. The van der Waals surface area contributed by atoms with Crippen LogP contribution in [0.15, 0.2) is 24.3 Å². The van der Waals surface area contributed by atoms with Gasteiger partial charge in [-0.25, -0.2) is 0 Å². The monoisotopic (exact) mass is 189 g/mol. The van der Waals surface area contributed by atoms with E-state index in [-0.39, 0.29) is 12.2 Å². The SMILES string of the molecule is O=C1C[C@@H](C(=O)[O-])Cc2ccccc21. The fourth-order valence-corrected chi connectivity index (χ4v) is 1.81. The van der Waals surface area contributed by atoms with Crippen LogP contribution in [0.5, 0.6) is 0 Å². The molecule has 72 valence electrons. The second-order valence-electron chi connectivity index (χ2n) is 3.50. The van der Waals surface area contributed by atoms with Crippen molar-refractivity contribution in [1.29, 1.82) is 0 Å². The largest absolute Gasteiger partial charge is 0.550 e. The summed E-state index contributed by atoms with van der Waals surface area (Å²) in [5, 5.41) is 10.6. The third-order valence-electron chi connectivity index (χ3n) is 2.55. The van der Waals surface area contributed by atoms with Gasteiger partial charge >= 0.3 is 0 Å². The minimum absolute atomic E-state index is 0.0688. The molecule has 0 aromatic heterocycles. The minimum Gasteiger partial charge on any atom is -0.550 e. The number of Topliss-reactive ketones (excluding diaryl/α,β-unsaturated/α-hetero) is 1. The van der Waals surface area contributed by atoms with Crippen molar-refractivity contribution in [2.75, 3.05) is 0 Å². The molecule has 1 aliphatic rings. The molecule has 1 atom stereocenters. The van der Waals surface area contributed by atoms with E-state index in [1.165, 1.54) is 0 Å². The third-order valence-corrected chi connectivity index (χ3v) is 2.55. The highest BCUT2D eigenvalue weighted by Gasteiger charge is 2.24. The van der Waals surface area contributed by atoms with E-state index in [0.717, 1.165) is 5.56 Å². The number of ketones is 1. The zero-order chi connectivity index (χ0) is 10.1. The number of carboxylic acid groups (broad SMARTS) is 1. The standard InChI is InChI=1S/C11H10O3/c12-10-6-8(11(13)14)5-7-3-1-2-4-9(7)10/h1-4,8H,5-6H2,(H,13,14)/p-1/t8-/m0/s1. The fraction of sp³-hybridized carbons (Fsp3) is 0.273. The third kappa shape index (κ3) is 1.41. The average molecular weight is 189 g/mol. The van der Waals surface area contributed by atoms with Crippen molar-refractivity contribution in [3.63, 3.8) is 0 Å². The van der Waals surface area contributed by atoms with Crippen molar-refractivity contribution in [2.45, 2.75) is 12.8 Å². The van der Waals surface area contributed by atoms with Crippen LogP contribution in [-0.2, 0) is 11.2 Å². The van der Waals surface area contributed by atoms with E-state index >= 15 is 0 Å². The Kier molecular flexibility index (Phi) is 2.08. The first-order valence-electron chi connectivity index (χ1n) is 4.50. The highest BCUT2D eigenvalue weighted by Crippen LogP contribution is 2.24. The number of carbonyl (C=O) groups is 2. The Bertz CT molecular complexity index is 395. The van der Waals surface area contributed by atoms with Gasteiger partial charge in [-0.1, -0.05) is 24.3 Å². The van der Waals surface area contributed by atoms with E-state index in [9.17, 15) is 14.7 Å². The first kappa shape index (κ1) is 8.94. The minimum atomic E-state index is -1.13. The van der Waals surface area contributed by atoms with Gasteiger partial charge in [-0.3, -0.25) is 4.79 Å². The molecular formula is C11H9O3-. The molecule has 0 radical (unpaired) electrons. The second kappa shape index (κ2) is 3.25. The van der Waals surface area contributed by atoms with Crippen molar-refractivity contribution >= 4 is 11.8 Å². The summed E-state index contributed by atoms with van der Waals surface area (Å²) in [5.41, 5.74) is 1.47. The summed E-state index contributed by atoms with van der Waals surface area (Å²) in [6.45, 7) is 0. The van der Waals surface area contributed by atoms with Crippen LogP contribution in [-0.4, -0.2) is 11.8 Å². The molecule has 0 fully saturated rings. The Morgan fingerprint density at radius 2 is 2.00 bits per heavy atom. The van der Waals surface area contributed by atoms with Crippen LogP contribution >= 0.6 is 0 Å². The molecule has 0 N–H and O–H groups in total. The number of aliphatic carboxylic acids is 1. The van der Waals surface area contributed by atoms with Gasteiger partial charge in [0.2, 0.25) is 0 Å². The summed E-state index contributed by atoms with van der Waals surface area (Å²) in [7, 11) is 0. The number of carboxylic acids is 1. The molecule has 3 heteroatoms. The summed E-state index contributed by atoms with van der Waals surface area (Å²) in [4.78, 5) is 22.2. The molecular weight excluding hydrogens is 180 g/mol. The summed E-state index contributed by atoms with van der Waals surface area (Å²) >= 11 is 0. The van der Waals surface area contributed by atoms with E-state index in [1.54, 1.807) is 18.2 Å². The smallest absolute Gasteiger partial charge is 0.163 e. The first-order chi connectivity index (χ1) is 6.68. The van der Waals surface area contributed by atoms with Gasteiger partial charge in [-0.15, -0.1) is 0 Å². The normalized spacial score (nSPS) is 20.3. The molecule has 1 aromatic carbocycles.